The molecule has 2 heterocycles. The van der Waals surface area contributed by atoms with Gasteiger partial charge in [0, 0.05) is 30.4 Å². The molecule has 0 N–H and O–H groups in total. The Labute approximate surface area is 148 Å². The molecule has 2 aliphatic heterocycles. The lowest BCUT2D eigenvalue weighted by atomic mass is 10.1. The monoisotopic (exact) mass is 334 g/mol. The van der Waals surface area contributed by atoms with Gasteiger partial charge < -0.3 is 9.80 Å². The molecule has 0 aromatic heterocycles. The lowest BCUT2D eigenvalue weighted by molar-refractivity contribution is -0.118. The Morgan fingerprint density at radius 1 is 1.12 bits per heavy atom. The van der Waals surface area contributed by atoms with Crippen molar-refractivity contribution in [1.82, 2.24) is 0 Å². The zero-order chi connectivity index (χ0) is 17.4. The van der Waals surface area contributed by atoms with Crippen molar-refractivity contribution >= 4 is 23.2 Å². The molecule has 0 bridgehead atoms. The maximum absolute atomic E-state index is 12.8. The standard InChI is InChI=1S/C21H22N2O2/c1-15-13-17-5-2-3-6-19(17)23(15)21(25)14-16-8-10-18(11-9-16)22-12-4-7-20(22)24/h2-3,5-6,8-11,15H,4,7,12-14H2,1H3. The molecule has 4 rings (SSSR count). The first-order chi connectivity index (χ1) is 12.1. The third-order valence-electron chi connectivity index (χ3n) is 5.15. The third kappa shape index (κ3) is 2.93. The van der Waals surface area contributed by atoms with E-state index in [1.54, 1.807) is 0 Å². The first kappa shape index (κ1) is 15.9. The molecule has 128 valence electrons. The van der Waals surface area contributed by atoms with Gasteiger partial charge in [0.1, 0.15) is 0 Å². The highest BCUT2D eigenvalue weighted by molar-refractivity contribution is 5.98. The SMILES string of the molecule is CC1Cc2ccccc2N1C(=O)Cc1ccc(N2CCCC2=O)cc1. The molecular formula is C21H22N2O2. The lowest BCUT2D eigenvalue weighted by Gasteiger charge is -2.23. The van der Waals surface area contributed by atoms with Gasteiger partial charge in [0.15, 0.2) is 0 Å². The van der Waals surface area contributed by atoms with Gasteiger partial charge in [-0.15, -0.1) is 0 Å². The summed E-state index contributed by atoms with van der Waals surface area (Å²) in [5.74, 6) is 0.314. The molecule has 4 nitrogen and oxygen atoms in total. The quantitative estimate of drug-likeness (QED) is 0.864. The summed E-state index contributed by atoms with van der Waals surface area (Å²) in [5.41, 5.74) is 4.20. The molecule has 25 heavy (non-hydrogen) atoms. The van der Waals surface area contributed by atoms with Gasteiger partial charge >= 0.3 is 0 Å². The number of hydrogen-bond donors (Lipinski definition) is 0. The van der Waals surface area contributed by atoms with Crippen LogP contribution >= 0.6 is 0 Å². The van der Waals surface area contributed by atoms with Crippen molar-refractivity contribution in [2.45, 2.75) is 38.6 Å². The first-order valence-corrected chi connectivity index (χ1v) is 8.93. The van der Waals surface area contributed by atoms with Crippen molar-refractivity contribution in [3.63, 3.8) is 0 Å². The Morgan fingerprint density at radius 3 is 2.60 bits per heavy atom. The molecule has 0 radical (unpaired) electrons. The van der Waals surface area contributed by atoms with Gasteiger partial charge in [-0.05, 0) is 49.1 Å². The minimum absolute atomic E-state index is 0.127. The summed E-state index contributed by atoms with van der Waals surface area (Å²) in [7, 11) is 0. The maximum Gasteiger partial charge on any atom is 0.231 e. The number of benzene rings is 2. The second-order valence-corrected chi connectivity index (χ2v) is 6.94. The second-order valence-electron chi connectivity index (χ2n) is 6.94. The van der Waals surface area contributed by atoms with E-state index in [1.807, 2.05) is 52.3 Å². The predicted molar refractivity (Wildman–Crippen MR) is 98.8 cm³/mol. The van der Waals surface area contributed by atoms with Crippen LogP contribution in [0.3, 0.4) is 0 Å². The van der Waals surface area contributed by atoms with E-state index in [2.05, 4.69) is 13.0 Å². The molecule has 1 fully saturated rings. The average molecular weight is 334 g/mol. The molecule has 0 saturated carbocycles. The van der Waals surface area contributed by atoms with Crippen molar-refractivity contribution in [2.24, 2.45) is 0 Å². The minimum Gasteiger partial charge on any atom is -0.312 e. The molecule has 0 spiro atoms. The Bertz CT molecular complexity index is 813. The molecule has 1 atom stereocenters. The molecule has 1 saturated heterocycles. The van der Waals surface area contributed by atoms with E-state index < -0.39 is 0 Å². The van der Waals surface area contributed by atoms with E-state index in [9.17, 15) is 9.59 Å². The highest BCUT2D eigenvalue weighted by Crippen LogP contribution is 2.32. The summed E-state index contributed by atoms with van der Waals surface area (Å²) in [6, 6.07) is 16.2. The van der Waals surface area contributed by atoms with Crippen LogP contribution in [0.5, 0.6) is 0 Å². The first-order valence-electron chi connectivity index (χ1n) is 8.93. The number of anilines is 2. The minimum atomic E-state index is 0.127. The topological polar surface area (TPSA) is 40.6 Å². The molecule has 4 heteroatoms. The van der Waals surface area contributed by atoms with Gasteiger partial charge in [-0.3, -0.25) is 9.59 Å². The number of carbonyl (C=O) groups is 2. The molecule has 2 amide bonds. The van der Waals surface area contributed by atoms with Crippen LogP contribution < -0.4 is 9.80 Å². The third-order valence-corrected chi connectivity index (χ3v) is 5.15. The lowest BCUT2D eigenvalue weighted by Crippen LogP contribution is -2.36. The number of fused-ring (bicyclic) bond motifs is 1. The van der Waals surface area contributed by atoms with E-state index in [0.29, 0.717) is 12.8 Å². The average Bonchev–Trinajstić information content (AvgIpc) is 3.17. The number of nitrogens with zero attached hydrogens (tertiary/aromatic N) is 2. The molecule has 2 aliphatic rings. The number of rotatable bonds is 3. The maximum atomic E-state index is 12.8. The Morgan fingerprint density at radius 2 is 1.88 bits per heavy atom. The van der Waals surface area contributed by atoms with Crippen LogP contribution in [-0.2, 0) is 22.4 Å². The summed E-state index contributed by atoms with van der Waals surface area (Å²) < 4.78 is 0. The molecular weight excluding hydrogens is 312 g/mol. The number of carbonyl (C=O) groups excluding carboxylic acids is 2. The summed E-state index contributed by atoms with van der Waals surface area (Å²) in [6.45, 7) is 2.89. The van der Waals surface area contributed by atoms with Gasteiger partial charge in [0.2, 0.25) is 11.8 Å². The van der Waals surface area contributed by atoms with Gasteiger partial charge in [0.25, 0.3) is 0 Å². The van der Waals surface area contributed by atoms with Crippen molar-refractivity contribution in [3.05, 3.63) is 59.7 Å². The van der Waals surface area contributed by atoms with E-state index in [1.165, 1.54) is 5.56 Å². The van der Waals surface area contributed by atoms with Crippen LogP contribution in [0.1, 0.15) is 30.9 Å². The van der Waals surface area contributed by atoms with Crippen LogP contribution in [-0.4, -0.2) is 24.4 Å². The van der Waals surface area contributed by atoms with Crippen LogP contribution in [0.25, 0.3) is 0 Å². The highest BCUT2D eigenvalue weighted by Gasteiger charge is 2.30. The number of para-hydroxylation sites is 1. The zero-order valence-corrected chi connectivity index (χ0v) is 14.4. The fraction of sp³-hybridized carbons (Fsp3) is 0.333. The smallest absolute Gasteiger partial charge is 0.231 e. The van der Waals surface area contributed by atoms with Crippen molar-refractivity contribution in [2.75, 3.05) is 16.3 Å². The van der Waals surface area contributed by atoms with Crippen LogP contribution in [0, 0.1) is 0 Å². The summed E-state index contributed by atoms with van der Waals surface area (Å²) >= 11 is 0. The second kappa shape index (κ2) is 6.36. The van der Waals surface area contributed by atoms with Crippen molar-refractivity contribution < 1.29 is 9.59 Å². The zero-order valence-electron chi connectivity index (χ0n) is 14.4. The largest absolute Gasteiger partial charge is 0.312 e. The molecule has 2 aromatic carbocycles. The van der Waals surface area contributed by atoms with Crippen LogP contribution in [0.4, 0.5) is 11.4 Å². The molecule has 2 aromatic rings. The number of amides is 2. The van der Waals surface area contributed by atoms with Gasteiger partial charge in [0.05, 0.1) is 6.42 Å². The fourth-order valence-corrected chi connectivity index (χ4v) is 3.92. The van der Waals surface area contributed by atoms with Crippen molar-refractivity contribution in [3.8, 4) is 0 Å². The summed E-state index contributed by atoms with van der Waals surface area (Å²) in [6.07, 6.45) is 2.85. The summed E-state index contributed by atoms with van der Waals surface area (Å²) in [5, 5.41) is 0. The predicted octanol–water partition coefficient (Wildman–Crippen LogP) is 3.33. The van der Waals surface area contributed by atoms with Crippen LogP contribution in [0.2, 0.25) is 0 Å². The van der Waals surface area contributed by atoms with Gasteiger partial charge in [-0.25, -0.2) is 0 Å². The number of hydrogen-bond acceptors (Lipinski definition) is 2. The Kier molecular flexibility index (Phi) is 4.04. The fourth-order valence-electron chi connectivity index (χ4n) is 3.92. The van der Waals surface area contributed by atoms with Gasteiger partial charge in [-0.1, -0.05) is 30.3 Å². The van der Waals surface area contributed by atoms with Crippen LogP contribution in [0.15, 0.2) is 48.5 Å². The Hall–Kier alpha value is -2.62. The summed E-state index contributed by atoms with van der Waals surface area (Å²) in [4.78, 5) is 28.4. The highest BCUT2D eigenvalue weighted by atomic mass is 16.2. The normalized spacial score (nSPS) is 19.4. The van der Waals surface area contributed by atoms with E-state index in [0.717, 1.165) is 36.3 Å². The van der Waals surface area contributed by atoms with Gasteiger partial charge in [-0.2, -0.15) is 0 Å². The van der Waals surface area contributed by atoms with E-state index >= 15 is 0 Å². The van der Waals surface area contributed by atoms with E-state index in [4.69, 9.17) is 0 Å². The Balaban J connectivity index is 1.49. The molecule has 1 unspecified atom stereocenters. The molecule has 0 aliphatic carbocycles. The van der Waals surface area contributed by atoms with Crippen molar-refractivity contribution in [1.29, 1.82) is 0 Å². The van der Waals surface area contributed by atoms with E-state index in [-0.39, 0.29) is 17.9 Å².